The molecule has 4 rings (SSSR count). The molecule has 0 spiro atoms. The summed E-state index contributed by atoms with van der Waals surface area (Å²) in [6, 6.07) is 9.89. The van der Waals surface area contributed by atoms with Crippen LogP contribution >= 0.6 is 11.3 Å². The molecule has 1 aromatic carbocycles. The van der Waals surface area contributed by atoms with Gasteiger partial charge in [-0.2, -0.15) is 18.3 Å². The van der Waals surface area contributed by atoms with E-state index >= 15 is 0 Å². The number of H-pyrrole nitrogens is 1. The molecule has 3 heterocycles. The summed E-state index contributed by atoms with van der Waals surface area (Å²) in [6.45, 7) is 1.04. The summed E-state index contributed by atoms with van der Waals surface area (Å²) in [5.41, 5.74) is 0.169. The van der Waals surface area contributed by atoms with Gasteiger partial charge in [0.25, 0.3) is 11.8 Å². The van der Waals surface area contributed by atoms with Gasteiger partial charge in [0.05, 0.1) is 16.1 Å². The van der Waals surface area contributed by atoms with E-state index in [2.05, 4.69) is 10.2 Å². The predicted octanol–water partition coefficient (Wildman–Crippen LogP) is 3.76. The van der Waals surface area contributed by atoms with Gasteiger partial charge in [-0.15, -0.1) is 11.3 Å². The predicted molar refractivity (Wildman–Crippen MR) is 105 cm³/mol. The molecule has 2 amide bonds. The minimum atomic E-state index is -4.51. The zero-order valence-corrected chi connectivity index (χ0v) is 16.5. The van der Waals surface area contributed by atoms with Gasteiger partial charge in [-0.3, -0.25) is 14.7 Å². The van der Waals surface area contributed by atoms with Crippen LogP contribution in [0.3, 0.4) is 0 Å². The first kappa shape index (κ1) is 20.1. The topological polar surface area (TPSA) is 69.3 Å². The van der Waals surface area contributed by atoms with Crippen LogP contribution in [-0.2, 0) is 6.18 Å². The van der Waals surface area contributed by atoms with Crippen molar-refractivity contribution < 1.29 is 22.8 Å². The fourth-order valence-corrected chi connectivity index (χ4v) is 3.97. The lowest BCUT2D eigenvalue weighted by molar-refractivity contribution is -0.137. The van der Waals surface area contributed by atoms with Gasteiger partial charge < -0.3 is 9.80 Å². The molecule has 1 aliphatic rings. The Morgan fingerprint density at radius 3 is 2.30 bits per heavy atom. The van der Waals surface area contributed by atoms with Gasteiger partial charge in [0, 0.05) is 31.7 Å². The molecule has 1 N–H and O–H groups in total. The molecule has 1 fully saturated rings. The number of thiophene rings is 1. The monoisotopic (exact) mass is 434 g/mol. The van der Waals surface area contributed by atoms with Crippen molar-refractivity contribution in [2.24, 2.45) is 0 Å². The minimum Gasteiger partial charge on any atom is -0.335 e. The molecule has 3 aromatic rings. The summed E-state index contributed by atoms with van der Waals surface area (Å²) in [5.74, 6) is -0.729. The Morgan fingerprint density at radius 2 is 1.67 bits per heavy atom. The molecule has 30 heavy (non-hydrogen) atoms. The van der Waals surface area contributed by atoms with Gasteiger partial charge in [-0.05, 0) is 35.7 Å². The van der Waals surface area contributed by atoms with Crippen LogP contribution in [0, 0.1) is 0 Å². The molecule has 6 nitrogen and oxygen atoms in total. The van der Waals surface area contributed by atoms with Crippen molar-refractivity contribution >= 4 is 23.2 Å². The van der Waals surface area contributed by atoms with E-state index in [1.54, 1.807) is 11.0 Å². The lowest BCUT2D eigenvalue weighted by Crippen LogP contribution is -2.50. The number of carbonyl (C=O) groups is 2. The normalized spacial score (nSPS) is 14.8. The second kappa shape index (κ2) is 7.94. The summed E-state index contributed by atoms with van der Waals surface area (Å²) in [6.07, 6.45) is -4.51. The summed E-state index contributed by atoms with van der Waals surface area (Å²) in [5, 5.41) is 8.86. The Hall–Kier alpha value is -3.14. The Morgan fingerprint density at radius 1 is 0.967 bits per heavy atom. The Bertz CT molecular complexity index is 1050. The van der Waals surface area contributed by atoms with E-state index in [9.17, 15) is 22.8 Å². The van der Waals surface area contributed by atoms with Crippen molar-refractivity contribution in [2.45, 2.75) is 6.18 Å². The number of nitrogens with one attached hydrogen (secondary N) is 1. The quantitative estimate of drug-likeness (QED) is 0.683. The molecule has 0 aliphatic carbocycles. The third-order valence-electron chi connectivity index (χ3n) is 4.87. The molecule has 1 aliphatic heterocycles. The van der Waals surface area contributed by atoms with Crippen molar-refractivity contribution in [1.82, 2.24) is 20.0 Å². The number of rotatable bonds is 3. The number of benzene rings is 1. The third-order valence-corrected chi connectivity index (χ3v) is 5.78. The van der Waals surface area contributed by atoms with E-state index in [1.807, 2.05) is 17.5 Å². The number of nitrogens with zero attached hydrogens (tertiary/aromatic N) is 3. The third kappa shape index (κ3) is 4.09. The second-order valence-electron chi connectivity index (χ2n) is 6.81. The van der Waals surface area contributed by atoms with Crippen LogP contribution in [0.1, 0.15) is 26.4 Å². The van der Waals surface area contributed by atoms with Gasteiger partial charge >= 0.3 is 6.18 Å². The average molecular weight is 434 g/mol. The van der Waals surface area contributed by atoms with E-state index < -0.39 is 17.6 Å². The Balaban J connectivity index is 1.39. The Labute approximate surface area is 173 Å². The molecule has 156 valence electrons. The van der Waals surface area contributed by atoms with Gasteiger partial charge in [0.2, 0.25) is 0 Å². The van der Waals surface area contributed by atoms with Crippen molar-refractivity contribution in [3.05, 3.63) is 64.7 Å². The zero-order chi connectivity index (χ0) is 21.3. The fourth-order valence-electron chi connectivity index (χ4n) is 3.28. The first-order valence-corrected chi connectivity index (χ1v) is 10.1. The van der Waals surface area contributed by atoms with E-state index in [0.29, 0.717) is 0 Å². The molecular weight excluding hydrogens is 417 g/mol. The van der Waals surface area contributed by atoms with Crippen molar-refractivity contribution in [1.29, 1.82) is 0 Å². The van der Waals surface area contributed by atoms with E-state index in [0.717, 1.165) is 22.7 Å². The highest BCUT2D eigenvalue weighted by Gasteiger charge is 2.32. The van der Waals surface area contributed by atoms with Crippen LogP contribution in [0.15, 0.2) is 47.8 Å². The van der Waals surface area contributed by atoms with Gasteiger partial charge in [0.15, 0.2) is 5.69 Å². The van der Waals surface area contributed by atoms with Crippen LogP contribution in [0.4, 0.5) is 13.2 Å². The lowest BCUT2D eigenvalue weighted by atomic mass is 10.1. The van der Waals surface area contributed by atoms with Gasteiger partial charge in [-0.1, -0.05) is 12.1 Å². The zero-order valence-electron chi connectivity index (χ0n) is 15.6. The second-order valence-corrected chi connectivity index (χ2v) is 7.75. The number of amides is 2. The number of alkyl halides is 3. The number of carbonyl (C=O) groups excluding carboxylic acids is 2. The largest absolute Gasteiger partial charge is 0.416 e. The van der Waals surface area contributed by atoms with Gasteiger partial charge in [0.1, 0.15) is 0 Å². The number of aromatic amines is 1. The fraction of sp³-hybridized carbons (Fsp3) is 0.250. The van der Waals surface area contributed by atoms with E-state index in [1.165, 1.54) is 28.4 Å². The van der Waals surface area contributed by atoms with Crippen LogP contribution in [-0.4, -0.2) is 58.0 Å². The maximum absolute atomic E-state index is 12.9. The highest BCUT2D eigenvalue weighted by atomic mass is 32.1. The summed E-state index contributed by atoms with van der Waals surface area (Å²) < 4.78 is 38.7. The molecule has 10 heteroatoms. The van der Waals surface area contributed by atoms with E-state index in [4.69, 9.17) is 0 Å². The molecule has 0 radical (unpaired) electrons. The standard InChI is InChI=1S/C20H17F3N4O2S/c21-20(22,23)14-4-1-3-13(11-14)18(28)26-6-8-27(9-7-26)19(29)16-12-15(24-25-16)17-5-2-10-30-17/h1-5,10-12H,6-9H2,(H,24,25). The first-order chi connectivity index (χ1) is 14.3. The highest BCUT2D eigenvalue weighted by molar-refractivity contribution is 7.13. The Kier molecular flexibility index (Phi) is 5.33. The number of piperazine rings is 1. The van der Waals surface area contributed by atoms with E-state index in [-0.39, 0.29) is 43.3 Å². The maximum Gasteiger partial charge on any atom is 0.416 e. The first-order valence-electron chi connectivity index (χ1n) is 9.18. The maximum atomic E-state index is 12.9. The highest BCUT2D eigenvalue weighted by Crippen LogP contribution is 2.30. The van der Waals surface area contributed by atoms with Crippen molar-refractivity contribution in [3.63, 3.8) is 0 Å². The summed E-state index contributed by atoms with van der Waals surface area (Å²) in [7, 11) is 0. The van der Waals surface area contributed by atoms with Gasteiger partial charge in [-0.25, -0.2) is 0 Å². The molecular formula is C20H17F3N4O2S. The van der Waals surface area contributed by atoms with Crippen molar-refractivity contribution in [3.8, 4) is 10.6 Å². The summed E-state index contributed by atoms with van der Waals surface area (Å²) in [4.78, 5) is 29.3. The molecule has 0 bridgehead atoms. The number of hydrogen-bond donors (Lipinski definition) is 1. The van der Waals surface area contributed by atoms with Crippen molar-refractivity contribution in [2.75, 3.05) is 26.2 Å². The van der Waals surface area contributed by atoms with Crippen LogP contribution in [0.5, 0.6) is 0 Å². The van der Waals surface area contributed by atoms with Crippen LogP contribution in [0.2, 0.25) is 0 Å². The average Bonchev–Trinajstić information content (AvgIpc) is 3.44. The smallest absolute Gasteiger partial charge is 0.335 e. The number of aromatic nitrogens is 2. The molecule has 0 saturated carbocycles. The lowest BCUT2D eigenvalue weighted by Gasteiger charge is -2.34. The van der Waals surface area contributed by atoms with Crippen LogP contribution in [0.25, 0.3) is 10.6 Å². The number of halogens is 3. The molecule has 0 atom stereocenters. The SMILES string of the molecule is O=C(c1cccc(C(F)(F)F)c1)N1CCN(C(=O)c2cc(-c3cccs3)[nH]n2)CC1. The number of hydrogen-bond acceptors (Lipinski definition) is 4. The van der Waals surface area contributed by atoms with Crippen LogP contribution < -0.4 is 0 Å². The summed E-state index contributed by atoms with van der Waals surface area (Å²) >= 11 is 1.53. The molecule has 1 saturated heterocycles. The molecule has 2 aromatic heterocycles. The molecule has 0 unspecified atom stereocenters. The minimum absolute atomic E-state index is 0.0162.